The molecule has 0 aliphatic carbocycles. The highest BCUT2D eigenvalue weighted by atomic mass is 16.4. The summed E-state index contributed by atoms with van der Waals surface area (Å²) >= 11 is 0. The summed E-state index contributed by atoms with van der Waals surface area (Å²) in [6.45, 7) is 8.24. The molecule has 0 atom stereocenters. The fraction of sp³-hybridized carbons (Fsp3) is 0.562. The van der Waals surface area contributed by atoms with Crippen molar-refractivity contribution in [3.63, 3.8) is 0 Å². The van der Waals surface area contributed by atoms with E-state index in [-0.39, 0.29) is 11.1 Å². The van der Waals surface area contributed by atoms with E-state index in [1.54, 1.807) is 0 Å². The minimum atomic E-state index is -0.678. The molecule has 0 aliphatic heterocycles. The maximum absolute atomic E-state index is 11.9. The predicted molar refractivity (Wildman–Crippen MR) is 87.5 cm³/mol. The zero-order chi connectivity index (χ0) is 16.7. The van der Waals surface area contributed by atoms with E-state index >= 15 is 0 Å². The van der Waals surface area contributed by atoms with Crippen LogP contribution in [0.25, 0.3) is 11.1 Å². The smallest absolute Gasteiger partial charge is 0.337 e. The highest BCUT2D eigenvalue weighted by Crippen LogP contribution is 2.18. The Morgan fingerprint density at radius 2 is 1.73 bits per heavy atom. The molecule has 0 amide bonds. The Kier molecular flexibility index (Phi) is 6.82. The Labute approximate surface area is 128 Å². The van der Waals surface area contributed by atoms with E-state index in [0.29, 0.717) is 17.9 Å². The van der Waals surface area contributed by atoms with Crippen molar-refractivity contribution in [2.24, 2.45) is 5.92 Å². The molecule has 2 N–H and O–H groups in total. The Hall–Kier alpha value is -2.11. The van der Waals surface area contributed by atoms with Gasteiger partial charge in [-0.15, -0.1) is 0 Å². The molecule has 6 nitrogen and oxygen atoms in total. The maximum atomic E-state index is 11.9. The summed E-state index contributed by atoms with van der Waals surface area (Å²) in [6.07, 6.45) is 3.62. The summed E-state index contributed by atoms with van der Waals surface area (Å²) in [5.74, 6) is 0.555. The van der Waals surface area contributed by atoms with Crippen LogP contribution < -0.4 is 16.9 Å². The number of H-pyrrole nitrogens is 2. The average molecular weight is 308 g/mol. The van der Waals surface area contributed by atoms with Gasteiger partial charge in [0.15, 0.2) is 0 Å². The van der Waals surface area contributed by atoms with Gasteiger partial charge in [0.05, 0.1) is 0 Å². The van der Waals surface area contributed by atoms with Crippen LogP contribution >= 0.6 is 0 Å². The first-order valence-corrected chi connectivity index (χ1v) is 7.84. The quantitative estimate of drug-likeness (QED) is 0.887. The molecule has 122 valence electrons. The number of aryl methyl sites for hydroxylation is 1. The van der Waals surface area contributed by atoms with Crippen molar-refractivity contribution in [1.29, 1.82) is 0 Å². The van der Waals surface area contributed by atoms with Crippen molar-refractivity contribution < 1.29 is 4.42 Å². The third kappa shape index (κ3) is 4.19. The Balaban J connectivity index is 0.00000116. The summed E-state index contributed by atoms with van der Waals surface area (Å²) in [6, 6.07) is 1.33. The molecule has 0 radical (unpaired) electrons. The van der Waals surface area contributed by atoms with Crippen molar-refractivity contribution in [3.8, 4) is 0 Å². The van der Waals surface area contributed by atoms with Crippen molar-refractivity contribution >= 4 is 11.1 Å². The number of hydrogen-bond acceptors (Lipinski definition) is 4. The van der Waals surface area contributed by atoms with Gasteiger partial charge < -0.3 is 4.42 Å². The van der Waals surface area contributed by atoms with Crippen LogP contribution in [-0.4, -0.2) is 9.97 Å². The highest BCUT2D eigenvalue weighted by molar-refractivity contribution is 5.75. The molecule has 0 unspecified atom stereocenters. The monoisotopic (exact) mass is 308 g/mol. The first kappa shape index (κ1) is 17.9. The van der Waals surface area contributed by atoms with E-state index < -0.39 is 16.9 Å². The molecule has 0 aliphatic rings. The molecule has 2 aromatic heterocycles. The van der Waals surface area contributed by atoms with Gasteiger partial charge in [0.25, 0.3) is 5.56 Å². The van der Waals surface area contributed by atoms with Gasteiger partial charge in [-0.3, -0.25) is 14.8 Å². The molecule has 0 fully saturated rings. The first-order valence-electron chi connectivity index (χ1n) is 7.84. The van der Waals surface area contributed by atoms with Crippen LogP contribution in [0.3, 0.4) is 0 Å². The van der Waals surface area contributed by atoms with E-state index in [2.05, 4.69) is 23.8 Å². The van der Waals surface area contributed by atoms with Crippen molar-refractivity contribution in [1.82, 2.24) is 9.97 Å². The number of nitrogens with one attached hydrogen (secondary N) is 2. The molecular weight excluding hydrogens is 284 g/mol. The molecule has 0 spiro atoms. The van der Waals surface area contributed by atoms with Gasteiger partial charge in [-0.25, -0.2) is 9.59 Å². The molecule has 0 aromatic carbocycles. The molecule has 2 aromatic rings. The number of aromatic amines is 2. The number of aromatic nitrogens is 2. The fourth-order valence-electron chi connectivity index (χ4n) is 2.43. The Bertz CT molecular complexity index is 761. The predicted octanol–water partition coefficient (Wildman–Crippen LogP) is 2.56. The van der Waals surface area contributed by atoms with Crippen LogP contribution in [0, 0.1) is 5.92 Å². The lowest BCUT2D eigenvalue weighted by molar-refractivity contribution is 0.455. The van der Waals surface area contributed by atoms with E-state index in [0.717, 1.165) is 19.3 Å². The van der Waals surface area contributed by atoms with Gasteiger partial charge in [-0.05, 0) is 24.3 Å². The van der Waals surface area contributed by atoms with Gasteiger partial charge in [0.2, 0.25) is 5.71 Å². The van der Waals surface area contributed by atoms with E-state index in [4.69, 9.17) is 4.42 Å². The second-order valence-electron chi connectivity index (χ2n) is 4.92. The van der Waals surface area contributed by atoms with Gasteiger partial charge in [0, 0.05) is 6.07 Å². The number of rotatable bonds is 5. The zero-order valence-corrected chi connectivity index (χ0v) is 13.6. The summed E-state index contributed by atoms with van der Waals surface area (Å²) in [5, 5.41) is 0.259. The van der Waals surface area contributed by atoms with Crippen LogP contribution in [0.15, 0.2) is 24.9 Å². The van der Waals surface area contributed by atoms with Crippen LogP contribution in [0.1, 0.15) is 52.5 Å². The molecule has 0 saturated carbocycles. The lowest BCUT2D eigenvalue weighted by Crippen LogP contribution is -2.24. The van der Waals surface area contributed by atoms with Gasteiger partial charge in [0.1, 0.15) is 5.39 Å². The zero-order valence-electron chi connectivity index (χ0n) is 13.6. The third-order valence-electron chi connectivity index (χ3n) is 3.70. The molecule has 0 bridgehead atoms. The number of hydrogen-bond donors (Lipinski definition) is 2. The van der Waals surface area contributed by atoms with Gasteiger partial charge >= 0.3 is 11.3 Å². The molecule has 22 heavy (non-hydrogen) atoms. The van der Waals surface area contributed by atoms with Crippen LogP contribution in [0.5, 0.6) is 0 Å². The first-order chi connectivity index (χ1) is 10.5. The molecular formula is C16H24N2O4. The van der Waals surface area contributed by atoms with Crippen LogP contribution in [-0.2, 0) is 6.42 Å². The lowest BCUT2D eigenvalue weighted by Gasteiger charge is -2.12. The highest BCUT2D eigenvalue weighted by Gasteiger charge is 2.12. The summed E-state index contributed by atoms with van der Waals surface area (Å²) in [4.78, 5) is 39.1. The average Bonchev–Trinajstić information content (AvgIpc) is 2.49. The Morgan fingerprint density at radius 3 is 2.32 bits per heavy atom. The normalized spacial score (nSPS) is 10.6. The minimum Gasteiger partial charge on any atom is -0.405 e. The van der Waals surface area contributed by atoms with Gasteiger partial charge in [-0.2, -0.15) is 0 Å². The van der Waals surface area contributed by atoms with E-state index in [9.17, 15) is 14.4 Å². The topological polar surface area (TPSA) is 95.9 Å². The van der Waals surface area contributed by atoms with Crippen molar-refractivity contribution in [3.05, 3.63) is 42.9 Å². The molecule has 2 rings (SSSR count). The second-order valence-corrected chi connectivity index (χ2v) is 4.92. The molecule has 0 saturated heterocycles. The second kappa shape index (κ2) is 8.36. The Morgan fingerprint density at radius 1 is 1.09 bits per heavy atom. The van der Waals surface area contributed by atoms with Gasteiger partial charge in [-0.1, -0.05) is 40.5 Å². The number of fused-ring (bicyclic) bond motifs is 1. The third-order valence-corrected chi connectivity index (χ3v) is 3.70. The summed E-state index contributed by atoms with van der Waals surface area (Å²) in [5.41, 5.74) is -1.18. The minimum absolute atomic E-state index is 0.0502. The summed E-state index contributed by atoms with van der Waals surface area (Å²) in [7, 11) is 0. The van der Waals surface area contributed by atoms with E-state index in [1.807, 2.05) is 13.8 Å². The van der Waals surface area contributed by atoms with Crippen molar-refractivity contribution in [2.45, 2.75) is 53.4 Å². The molecule has 2 heterocycles. The molecule has 6 heteroatoms. The fourth-order valence-corrected chi connectivity index (χ4v) is 2.43. The lowest BCUT2D eigenvalue weighted by atomic mass is 9.94. The SMILES string of the molecule is CC.CCC(CC)CCc1cc(=O)oc2[nH]c(=O)[nH]c(=O)c12. The largest absolute Gasteiger partial charge is 0.405 e. The van der Waals surface area contributed by atoms with Crippen LogP contribution in [0.4, 0.5) is 0 Å². The summed E-state index contributed by atoms with van der Waals surface area (Å²) < 4.78 is 4.89. The van der Waals surface area contributed by atoms with Crippen molar-refractivity contribution in [2.75, 3.05) is 0 Å². The standard InChI is InChI=1S/C14H18N2O4.C2H6/c1-3-8(4-2)5-6-9-7-10(17)20-13-11(9)12(18)15-14(19)16-13;1-2/h7-8H,3-6H2,1-2H3,(H2,15,16,18,19);1-2H3. The van der Waals surface area contributed by atoms with Crippen LogP contribution in [0.2, 0.25) is 0 Å². The van der Waals surface area contributed by atoms with E-state index in [1.165, 1.54) is 6.07 Å². The maximum Gasteiger partial charge on any atom is 0.337 e.